The molecule has 3 aromatic rings. The van der Waals surface area contributed by atoms with Crippen molar-refractivity contribution in [3.63, 3.8) is 0 Å². The van der Waals surface area contributed by atoms with E-state index in [1.165, 1.54) is 12.1 Å². The molecule has 0 amide bonds. The Bertz CT molecular complexity index is 1630. The summed E-state index contributed by atoms with van der Waals surface area (Å²) in [5.74, 6) is 0.454. The molecular weight excluding hydrogens is 580 g/mol. The van der Waals surface area contributed by atoms with Crippen molar-refractivity contribution in [1.82, 2.24) is 0 Å². The maximum absolute atomic E-state index is 13.1. The Hall–Kier alpha value is -4.70. The predicted molar refractivity (Wildman–Crippen MR) is 168 cm³/mol. The van der Waals surface area contributed by atoms with Crippen LogP contribution in [0.15, 0.2) is 42.5 Å². The molecule has 10 nitrogen and oxygen atoms in total. The Morgan fingerprint density at radius 2 is 1.69 bits per heavy atom. The number of carbonyl (C=O) groups is 2. The molecule has 5 rings (SSSR count). The van der Waals surface area contributed by atoms with Crippen molar-refractivity contribution in [1.29, 1.82) is 0 Å². The van der Waals surface area contributed by atoms with Crippen molar-refractivity contribution in [2.75, 3.05) is 13.7 Å². The summed E-state index contributed by atoms with van der Waals surface area (Å²) in [5, 5.41) is 39.4. The molecule has 0 aliphatic carbocycles. The Balaban J connectivity index is 0.000000276. The first-order valence-electron chi connectivity index (χ1n) is 14.6. The van der Waals surface area contributed by atoms with Crippen LogP contribution in [-0.4, -0.2) is 63.2 Å². The number of methoxy groups -OCH3 is 1. The molecule has 0 spiro atoms. The second kappa shape index (κ2) is 12.7. The molecule has 240 valence electrons. The fourth-order valence-corrected chi connectivity index (χ4v) is 5.24. The van der Waals surface area contributed by atoms with E-state index in [-0.39, 0.29) is 47.2 Å². The second-order valence-electron chi connectivity index (χ2n) is 12.1. The van der Waals surface area contributed by atoms with Crippen molar-refractivity contribution < 1.29 is 49.0 Å². The number of esters is 1. The van der Waals surface area contributed by atoms with Gasteiger partial charge in [-0.2, -0.15) is 0 Å². The van der Waals surface area contributed by atoms with E-state index in [2.05, 4.69) is 0 Å². The van der Waals surface area contributed by atoms with Crippen molar-refractivity contribution in [2.24, 2.45) is 0 Å². The summed E-state index contributed by atoms with van der Waals surface area (Å²) >= 11 is 0. The van der Waals surface area contributed by atoms with Crippen LogP contribution in [0.1, 0.15) is 77.6 Å². The normalized spacial score (nSPS) is 16.9. The summed E-state index contributed by atoms with van der Waals surface area (Å²) in [6, 6.07) is 9.23. The van der Waals surface area contributed by atoms with Crippen LogP contribution in [0.2, 0.25) is 0 Å². The summed E-state index contributed by atoms with van der Waals surface area (Å²) in [5.41, 5.74) is 1.81. The molecule has 1 atom stereocenters. The van der Waals surface area contributed by atoms with E-state index in [4.69, 9.17) is 24.1 Å². The standard InChI is InChI=1S/C25H28O6.C10H12O4/c1-24(2)9-8-16-20(30-24)7-6-14(23(16)29-5)11-18(26)17-10-15-12-22(28)25(3,4)31-21(15)13-19(17)27;1-3-14-10(13)9-6(2)4-7(11)5-8(9)12/h6-10,13,22,27-28H,11-12H2,1-5H3;4-5,11-12H,3H2,1-2H3. The zero-order chi connectivity index (χ0) is 33.3. The van der Waals surface area contributed by atoms with Gasteiger partial charge in [-0.15, -0.1) is 0 Å². The number of carbonyl (C=O) groups excluding carboxylic acids is 2. The van der Waals surface area contributed by atoms with Crippen LogP contribution in [0.4, 0.5) is 0 Å². The smallest absolute Gasteiger partial charge is 0.342 e. The van der Waals surface area contributed by atoms with Gasteiger partial charge in [-0.05, 0) is 83.0 Å². The summed E-state index contributed by atoms with van der Waals surface area (Å²) in [7, 11) is 1.56. The minimum Gasteiger partial charge on any atom is -0.508 e. The van der Waals surface area contributed by atoms with Crippen LogP contribution >= 0.6 is 0 Å². The lowest BCUT2D eigenvalue weighted by Gasteiger charge is -2.37. The van der Waals surface area contributed by atoms with Crippen LogP contribution in [0.3, 0.4) is 0 Å². The third-order valence-electron chi connectivity index (χ3n) is 7.66. The lowest BCUT2D eigenvalue weighted by atomic mass is 9.89. The van der Waals surface area contributed by atoms with Crippen molar-refractivity contribution >= 4 is 17.8 Å². The van der Waals surface area contributed by atoms with Crippen molar-refractivity contribution in [3.8, 4) is 34.5 Å². The number of benzene rings is 3. The first-order chi connectivity index (χ1) is 21.1. The number of phenols is 3. The number of aryl methyl sites for hydroxylation is 1. The number of aliphatic hydroxyl groups is 1. The highest BCUT2D eigenvalue weighted by Crippen LogP contribution is 2.41. The van der Waals surface area contributed by atoms with Gasteiger partial charge in [-0.3, -0.25) is 4.79 Å². The lowest BCUT2D eigenvalue weighted by Crippen LogP contribution is -2.46. The third-order valence-corrected chi connectivity index (χ3v) is 7.66. The SMILES string of the molecule is CCOC(=O)c1c(C)cc(O)cc1O.COc1c(CC(=O)c2cc3c(cc2O)OC(C)(C)C(O)C3)ccc2c1C=CC(C)(C)O2. The van der Waals surface area contributed by atoms with Gasteiger partial charge < -0.3 is 39.4 Å². The maximum atomic E-state index is 13.1. The summed E-state index contributed by atoms with van der Waals surface area (Å²) in [6.07, 6.45) is 3.59. The number of fused-ring (bicyclic) bond motifs is 2. The van der Waals surface area contributed by atoms with Gasteiger partial charge in [0.1, 0.15) is 51.3 Å². The summed E-state index contributed by atoms with van der Waals surface area (Å²) < 4.78 is 22.2. The van der Waals surface area contributed by atoms with Gasteiger partial charge in [-0.25, -0.2) is 4.79 Å². The molecule has 45 heavy (non-hydrogen) atoms. The molecule has 0 saturated carbocycles. The van der Waals surface area contributed by atoms with Crippen LogP contribution in [0.5, 0.6) is 34.5 Å². The van der Waals surface area contributed by atoms with E-state index in [1.54, 1.807) is 40.9 Å². The number of phenolic OH excluding ortho intramolecular Hbond substituents is 3. The summed E-state index contributed by atoms with van der Waals surface area (Å²) in [6.45, 7) is 11.1. The largest absolute Gasteiger partial charge is 0.508 e. The molecule has 1 unspecified atom stereocenters. The lowest BCUT2D eigenvalue weighted by molar-refractivity contribution is -0.0412. The predicted octanol–water partition coefficient (Wildman–Crippen LogP) is 5.67. The molecule has 10 heteroatoms. The Morgan fingerprint density at radius 3 is 2.33 bits per heavy atom. The Kier molecular flexibility index (Phi) is 9.39. The van der Waals surface area contributed by atoms with Gasteiger partial charge in [0.2, 0.25) is 0 Å². The van der Waals surface area contributed by atoms with E-state index in [9.17, 15) is 24.9 Å². The monoisotopic (exact) mass is 620 g/mol. The first kappa shape index (κ1) is 33.2. The molecule has 4 N–H and O–H groups in total. The van der Waals surface area contributed by atoms with Gasteiger partial charge in [0.15, 0.2) is 5.78 Å². The average molecular weight is 621 g/mol. The van der Waals surface area contributed by atoms with Gasteiger partial charge in [0.05, 0.1) is 30.9 Å². The van der Waals surface area contributed by atoms with Gasteiger partial charge >= 0.3 is 5.97 Å². The zero-order valence-corrected chi connectivity index (χ0v) is 26.6. The maximum Gasteiger partial charge on any atom is 0.342 e. The molecule has 2 heterocycles. The van der Waals surface area contributed by atoms with Crippen molar-refractivity contribution in [2.45, 2.75) is 71.7 Å². The number of hydrogen-bond acceptors (Lipinski definition) is 10. The molecular formula is C35H40O10. The number of Topliss-reactive ketones (excluding diaryl/α,β-unsaturated/α-hetero) is 1. The third kappa shape index (κ3) is 7.17. The van der Waals surface area contributed by atoms with Crippen LogP contribution in [0.25, 0.3) is 6.08 Å². The second-order valence-corrected chi connectivity index (χ2v) is 12.1. The molecule has 0 fully saturated rings. The molecule has 3 aromatic carbocycles. The summed E-state index contributed by atoms with van der Waals surface area (Å²) in [4.78, 5) is 24.4. The number of aliphatic hydroxyl groups excluding tert-OH is 1. The van der Waals surface area contributed by atoms with Gasteiger partial charge in [0.25, 0.3) is 0 Å². The molecule has 0 saturated heterocycles. The van der Waals surface area contributed by atoms with E-state index in [0.717, 1.165) is 11.6 Å². The molecule has 0 aromatic heterocycles. The number of hydrogen-bond donors (Lipinski definition) is 4. The molecule has 2 aliphatic heterocycles. The van der Waals surface area contributed by atoms with E-state index < -0.39 is 23.3 Å². The van der Waals surface area contributed by atoms with E-state index in [0.29, 0.717) is 40.4 Å². The van der Waals surface area contributed by atoms with E-state index in [1.807, 2.05) is 38.1 Å². The first-order valence-corrected chi connectivity index (χ1v) is 14.6. The Morgan fingerprint density at radius 1 is 0.978 bits per heavy atom. The number of rotatable bonds is 6. The topological polar surface area (TPSA) is 152 Å². The highest BCUT2D eigenvalue weighted by Gasteiger charge is 2.36. The Labute approximate surface area is 262 Å². The highest BCUT2D eigenvalue weighted by atomic mass is 16.5. The quantitative estimate of drug-likeness (QED) is 0.200. The van der Waals surface area contributed by atoms with Crippen LogP contribution < -0.4 is 14.2 Å². The van der Waals surface area contributed by atoms with Gasteiger partial charge in [-0.1, -0.05) is 6.07 Å². The average Bonchev–Trinajstić information content (AvgIpc) is 2.93. The minimum absolute atomic E-state index is 0.0505. The number of ether oxygens (including phenoxy) is 4. The number of ketones is 1. The van der Waals surface area contributed by atoms with E-state index >= 15 is 0 Å². The zero-order valence-electron chi connectivity index (χ0n) is 26.6. The fraction of sp³-hybridized carbons (Fsp3) is 0.371. The van der Waals surface area contributed by atoms with Crippen LogP contribution in [-0.2, 0) is 17.6 Å². The molecule has 2 aliphatic rings. The van der Waals surface area contributed by atoms with Crippen molar-refractivity contribution in [3.05, 3.63) is 75.9 Å². The van der Waals surface area contributed by atoms with Crippen LogP contribution in [0, 0.1) is 6.92 Å². The highest BCUT2D eigenvalue weighted by molar-refractivity contribution is 6.01. The number of aromatic hydroxyl groups is 3. The fourth-order valence-electron chi connectivity index (χ4n) is 5.24. The minimum atomic E-state index is -0.758. The molecule has 0 radical (unpaired) electrons. The molecule has 0 bridgehead atoms. The van der Waals surface area contributed by atoms with Gasteiger partial charge in [0, 0.05) is 30.5 Å².